The fourth-order valence-electron chi connectivity index (χ4n) is 4.86. The van der Waals surface area contributed by atoms with Gasteiger partial charge in [-0.1, -0.05) is 24.3 Å². The largest absolute Gasteiger partial charge is 0.469 e. The molecule has 2 N–H and O–H groups in total. The number of carbonyl (C=O) groups excluding carboxylic acids is 1. The second kappa shape index (κ2) is 7.23. The van der Waals surface area contributed by atoms with Crippen molar-refractivity contribution in [3.8, 4) is 5.69 Å². The maximum atomic E-state index is 13.6. The Labute approximate surface area is 183 Å². The maximum absolute atomic E-state index is 13.6. The number of ketones is 1. The lowest BCUT2D eigenvalue weighted by molar-refractivity contribution is -0.116. The van der Waals surface area contributed by atoms with E-state index in [0.717, 1.165) is 22.7 Å². The van der Waals surface area contributed by atoms with Gasteiger partial charge < -0.3 is 9.73 Å². The molecule has 0 radical (unpaired) electrons. The first kappa shape index (κ1) is 18.6. The van der Waals surface area contributed by atoms with Gasteiger partial charge in [0.2, 0.25) is 0 Å². The molecule has 4 heterocycles. The number of carbonyl (C=O) groups is 1. The van der Waals surface area contributed by atoms with E-state index in [4.69, 9.17) is 4.42 Å². The standard InChI is InChI=1S/C25H20N4O3/c30-19-13-16(20-9-5-11-32-20)12-18-22(19)21(15-6-4-10-26-14-15)23-24(27-18)28-29(25(23)31)17-7-2-1-3-8-17/h1-11,14,16,21,27-28H,12-13H2/t16-,21-/m0/s1. The Hall–Kier alpha value is -4.13. The van der Waals surface area contributed by atoms with Crippen molar-refractivity contribution in [1.82, 2.24) is 14.8 Å². The average Bonchev–Trinajstić information content (AvgIpc) is 3.47. The predicted molar refractivity (Wildman–Crippen MR) is 119 cm³/mol. The zero-order chi connectivity index (χ0) is 21.7. The van der Waals surface area contributed by atoms with Crippen LogP contribution in [0.4, 0.5) is 5.82 Å². The van der Waals surface area contributed by atoms with Crippen LogP contribution in [-0.4, -0.2) is 20.5 Å². The Morgan fingerprint density at radius 1 is 1.00 bits per heavy atom. The van der Waals surface area contributed by atoms with Gasteiger partial charge in [0.1, 0.15) is 11.6 Å². The van der Waals surface area contributed by atoms with Crippen LogP contribution in [0.1, 0.15) is 41.6 Å². The number of hydrogen-bond acceptors (Lipinski definition) is 5. The molecule has 4 aromatic rings. The number of nitrogens with zero attached hydrogens (tertiary/aromatic N) is 2. The summed E-state index contributed by atoms with van der Waals surface area (Å²) in [5.74, 6) is 0.910. The molecule has 2 atom stereocenters. The molecule has 1 aromatic carbocycles. The number of furan rings is 1. The lowest BCUT2D eigenvalue weighted by Crippen LogP contribution is -2.32. The van der Waals surface area contributed by atoms with Gasteiger partial charge in [-0.05, 0) is 42.3 Å². The van der Waals surface area contributed by atoms with E-state index in [-0.39, 0.29) is 17.3 Å². The molecule has 6 rings (SSSR count). The number of aromatic nitrogens is 3. The summed E-state index contributed by atoms with van der Waals surface area (Å²) >= 11 is 0. The molecule has 0 spiro atoms. The minimum atomic E-state index is -0.478. The first-order chi connectivity index (χ1) is 15.7. The molecule has 0 amide bonds. The van der Waals surface area contributed by atoms with Crippen LogP contribution in [0.2, 0.25) is 0 Å². The summed E-state index contributed by atoms with van der Waals surface area (Å²) in [6.07, 6.45) is 6.03. The number of benzene rings is 1. The molecule has 0 bridgehead atoms. The summed E-state index contributed by atoms with van der Waals surface area (Å²) in [4.78, 5) is 31.2. The van der Waals surface area contributed by atoms with Crippen LogP contribution in [0.15, 0.2) is 93.7 Å². The van der Waals surface area contributed by atoms with E-state index in [2.05, 4.69) is 15.4 Å². The van der Waals surface area contributed by atoms with Gasteiger partial charge in [0.25, 0.3) is 5.56 Å². The van der Waals surface area contributed by atoms with Gasteiger partial charge in [0, 0.05) is 41.9 Å². The molecule has 0 saturated carbocycles. The molecular weight excluding hydrogens is 404 g/mol. The quantitative estimate of drug-likeness (QED) is 0.516. The van der Waals surface area contributed by atoms with E-state index in [9.17, 15) is 9.59 Å². The fourth-order valence-corrected chi connectivity index (χ4v) is 4.86. The van der Waals surface area contributed by atoms with Crippen molar-refractivity contribution in [2.24, 2.45) is 0 Å². The van der Waals surface area contributed by atoms with Gasteiger partial charge in [0.15, 0.2) is 5.78 Å². The fraction of sp³-hybridized carbons (Fsp3) is 0.160. The van der Waals surface area contributed by atoms with Crippen LogP contribution in [0, 0.1) is 0 Å². The number of aromatic amines is 1. The van der Waals surface area contributed by atoms with E-state index >= 15 is 0 Å². The Morgan fingerprint density at radius 2 is 1.88 bits per heavy atom. The van der Waals surface area contributed by atoms with Gasteiger partial charge >= 0.3 is 0 Å². The number of fused-ring (bicyclic) bond motifs is 1. The lowest BCUT2D eigenvalue weighted by Gasteiger charge is -2.33. The van der Waals surface area contributed by atoms with Gasteiger partial charge in [-0.25, -0.2) is 4.68 Å². The van der Waals surface area contributed by atoms with Crippen molar-refractivity contribution in [3.05, 3.63) is 112 Å². The van der Waals surface area contributed by atoms with E-state index in [1.165, 1.54) is 4.68 Å². The SMILES string of the molecule is O=C1C[C@@H](c2ccco2)CC2=C1[C@H](c1cccnc1)c1c([nH]n(-c3ccccc3)c1=O)N2. The molecule has 2 aliphatic rings. The van der Waals surface area contributed by atoms with Gasteiger partial charge in [-0.2, -0.15) is 0 Å². The van der Waals surface area contributed by atoms with E-state index in [1.807, 2.05) is 54.6 Å². The highest BCUT2D eigenvalue weighted by molar-refractivity contribution is 6.01. The summed E-state index contributed by atoms with van der Waals surface area (Å²) < 4.78 is 7.11. The second-order valence-corrected chi connectivity index (χ2v) is 8.16. The average molecular weight is 424 g/mol. The molecule has 7 heteroatoms. The highest BCUT2D eigenvalue weighted by Gasteiger charge is 2.41. The number of allylic oxidation sites excluding steroid dienone is 2. The predicted octanol–water partition coefficient (Wildman–Crippen LogP) is 4.11. The monoisotopic (exact) mass is 424 g/mol. The number of rotatable bonds is 3. The highest BCUT2D eigenvalue weighted by atomic mass is 16.3. The minimum Gasteiger partial charge on any atom is -0.469 e. The van der Waals surface area contributed by atoms with Gasteiger partial charge in [0.05, 0.1) is 17.5 Å². The number of hydrogen-bond donors (Lipinski definition) is 2. The maximum Gasteiger partial charge on any atom is 0.277 e. The number of anilines is 1. The minimum absolute atomic E-state index is 0.0199. The van der Waals surface area contributed by atoms with Crippen molar-refractivity contribution in [2.75, 3.05) is 5.32 Å². The topological polar surface area (TPSA) is 92.9 Å². The summed E-state index contributed by atoms with van der Waals surface area (Å²) in [5.41, 5.74) is 3.38. The first-order valence-electron chi connectivity index (χ1n) is 10.6. The third-order valence-electron chi connectivity index (χ3n) is 6.27. The Morgan fingerprint density at radius 3 is 2.62 bits per heavy atom. The summed E-state index contributed by atoms with van der Waals surface area (Å²) in [5, 5.41) is 6.59. The van der Waals surface area contributed by atoms with Crippen molar-refractivity contribution in [2.45, 2.75) is 24.7 Å². The summed E-state index contributed by atoms with van der Waals surface area (Å²) in [6.45, 7) is 0. The first-order valence-corrected chi connectivity index (χ1v) is 10.6. The molecule has 1 aliphatic heterocycles. The number of pyridine rings is 1. The number of nitrogens with one attached hydrogen (secondary N) is 2. The molecule has 0 saturated heterocycles. The Bertz CT molecular complexity index is 1380. The van der Waals surface area contributed by atoms with Crippen LogP contribution in [0.5, 0.6) is 0 Å². The third kappa shape index (κ3) is 2.85. The number of H-pyrrole nitrogens is 1. The van der Waals surface area contributed by atoms with Crippen molar-refractivity contribution in [3.63, 3.8) is 0 Å². The van der Waals surface area contributed by atoms with Crippen LogP contribution in [-0.2, 0) is 4.79 Å². The molecule has 3 aromatic heterocycles. The Balaban J connectivity index is 1.53. The molecule has 0 unspecified atom stereocenters. The summed E-state index contributed by atoms with van der Waals surface area (Å²) in [6, 6.07) is 16.9. The molecule has 0 fully saturated rings. The van der Waals surface area contributed by atoms with Crippen LogP contribution < -0.4 is 10.9 Å². The van der Waals surface area contributed by atoms with Crippen LogP contribution >= 0.6 is 0 Å². The van der Waals surface area contributed by atoms with Crippen molar-refractivity contribution in [1.29, 1.82) is 0 Å². The van der Waals surface area contributed by atoms with Crippen LogP contribution in [0.3, 0.4) is 0 Å². The molecule has 158 valence electrons. The summed E-state index contributed by atoms with van der Waals surface area (Å²) in [7, 11) is 0. The highest BCUT2D eigenvalue weighted by Crippen LogP contribution is 2.46. The van der Waals surface area contributed by atoms with Crippen molar-refractivity contribution < 1.29 is 9.21 Å². The van der Waals surface area contributed by atoms with E-state index in [1.54, 1.807) is 18.7 Å². The molecule has 1 aliphatic carbocycles. The molecule has 7 nitrogen and oxygen atoms in total. The zero-order valence-electron chi connectivity index (χ0n) is 17.1. The van der Waals surface area contributed by atoms with E-state index in [0.29, 0.717) is 29.8 Å². The van der Waals surface area contributed by atoms with Gasteiger partial charge in [-0.3, -0.25) is 19.7 Å². The van der Waals surface area contributed by atoms with Gasteiger partial charge in [-0.15, -0.1) is 0 Å². The second-order valence-electron chi connectivity index (χ2n) is 8.16. The smallest absolute Gasteiger partial charge is 0.277 e. The molecular formula is C25H20N4O3. The normalized spacial score (nSPS) is 19.9. The third-order valence-corrected chi connectivity index (χ3v) is 6.27. The zero-order valence-corrected chi connectivity index (χ0v) is 17.1. The van der Waals surface area contributed by atoms with E-state index < -0.39 is 5.92 Å². The lowest BCUT2D eigenvalue weighted by atomic mass is 9.74. The van der Waals surface area contributed by atoms with Crippen molar-refractivity contribution >= 4 is 11.6 Å². The number of para-hydroxylation sites is 1. The van der Waals surface area contributed by atoms with Crippen LogP contribution in [0.25, 0.3) is 5.69 Å². The number of Topliss-reactive ketones (excluding diaryl/α,β-unsaturated/α-hetero) is 1. The Kier molecular flexibility index (Phi) is 4.21. The molecule has 32 heavy (non-hydrogen) atoms.